The molecule has 1 atom stereocenters. The van der Waals surface area contributed by atoms with Crippen LogP contribution < -0.4 is 5.32 Å². The molecule has 0 radical (unpaired) electrons. The first kappa shape index (κ1) is 17.1. The average molecular weight is 373 g/mol. The van der Waals surface area contributed by atoms with Gasteiger partial charge in [-0.15, -0.1) is 0 Å². The van der Waals surface area contributed by atoms with E-state index in [1.165, 1.54) is 35.1 Å². The number of halogens is 3. The Morgan fingerprint density at radius 3 is 2.70 bits per heavy atom. The number of benzene rings is 2. The Hall–Kier alpha value is -3.36. The molecule has 0 unspecified atom stereocenters. The zero-order chi connectivity index (χ0) is 19.1. The van der Waals surface area contributed by atoms with E-state index < -0.39 is 23.8 Å². The molecule has 0 aliphatic heterocycles. The molecule has 0 spiro atoms. The summed E-state index contributed by atoms with van der Waals surface area (Å²) in [6.45, 7) is 1.64. The van der Waals surface area contributed by atoms with E-state index in [-0.39, 0.29) is 11.3 Å². The summed E-state index contributed by atoms with van der Waals surface area (Å²) in [6, 6.07) is 7.87. The van der Waals surface area contributed by atoms with Crippen LogP contribution >= 0.6 is 0 Å². The van der Waals surface area contributed by atoms with Gasteiger partial charge in [0.05, 0.1) is 17.1 Å². The van der Waals surface area contributed by atoms with Crippen LogP contribution in [0.25, 0.3) is 16.7 Å². The van der Waals surface area contributed by atoms with Crippen molar-refractivity contribution >= 4 is 22.5 Å². The van der Waals surface area contributed by atoms with Crippen LogP contribution in [0.4, 0.5) is 19.0 Å². The number of hydrogen-bond acceptors (Lipinski definition) is 5. The summed E-state index contributed by atoms with van der Waals surface area (Å²) in [6.07, 6.45) is -1.56. The normalized spacial score (nSPS) is 12.8. The van der Waals surface area contributed by atoms with Gasteiger partial charge >= 0.3 is 0 Å². The van der Waals surface area contributed by atoms with Gasteiger partial charge in [-0.3, -0.25) is 0 Å². The molecular formula is C18H14F3N5O. The molecule has 9 heteroatoms. The maximum atomic E-state index is 14.5. The predicted octanol–water partition coefficient (Wildman–Crippen LogP) is 4.23. The lowest BCUT2D eigenvalue weighted by molar-refractivity contribution is 0.146. The second kappa shape index (κ2) is 6.42. The van der Waals surface area contributed by atoms with Gasteiger partial charge in [-0.2, -0.15) is 19.6 Å². The Kier molecular flexibility index (Phi) is 4.06. The summed E-state index contributed by atoms with van der Waals surface area (Å²) in [4.78, 5) is 8.41. The third kappa shape index (κ3) is 2.90. The second-order valence-electron chi connectivity index (χ2n) is 6.05. The monoisotopic (exact) mass is 373 g/mol. The third-order valence-corrected chi connectivity index (χ3v) is 4.32. The van der Waals surface area contributed by atoms with Gasteiger partial charge in [-0.1, -0.05) is 18.2 Å². The Labute approximate surface area is 151 Å². The number of nitrogens with one attached hydrogen (secondary N) is 1. The zero-order valence-corrected chi connectivity index (χ0v) is 14.1. The van der Waals surface area contributed by atoms with E-state index in [1.807, 2.05) is 0 Å². The molecule has 0 aliphatic rings. The molecule has 2 N–H and O–H groups in total. The lowest BCUT2D eigenvalue weighted by Gasteiger charge is -2.18. The highest BCUT2D eigenvalue weighted by Crippen LogP contribution is 2.31. The zero-order valence-electron chi connectivity index (χ0n) is 14.1. The molecule has 2 aromatic heterocycles. The molecule has 4 aromatic rings. The highest BCUT2D eigenvalue weighted by Gasteiger charge is 2.20. The summed E-state index contributed by atoms with van der Waals surface area (Å²) in [5, 5.41) is 17.5. The minimum Gasteiger partial charge on any atom is -0.508 e. The fourth-order valence-electron chi connectivity index (χ4n) is 3.00. The maximum Gasteiger partial charge on any atom is 0.266 e. The van der Waals surface area contributed by atoms with Gasteiger partial charge in [0.1, 0.15) is 23.7 Å². The SMILES string of the molecule is C[C@@H](Nc1nc2ncnn2c2ccc(O)cc12)c1cccc(C(F)F)c1F. The standard InChI is InChI=1S/C18H14F3N5O/c1-9(11-3-2-4-12(15(11)19)16(20)21)24-17-13-7-10(27)5-6-14(13)26-18(25-17)22-8-23-26/h2-9,16,27H,1H3,(H,22,23,24,25)/t9-/m1/s1. The first-order valence-corrected chi connectivity index (χ1v) is 8.11. The van der Waals surface area contributed by atoms with Gasteiger partial charge in [0.25, 0.3) is 12.2 Å². The molecule has 0 saturated carbocycles. The van der Waals surface area contributed by atoms with Crippen molar-refractivity contribution in [3.05, 3.63) is 59.7 Å². The van der Waals surface area contributed by atoms with Gasteiger partial charge in [-0.25, -0.2) is 13.2 Å². The summed E-state index contributed by atoms with van der Waals surface area (Å²) in [5.41, 5.74) is 0.0700. The van der Waals surface area contributed by atoms with Crippen LogP contribution in [0.3, 0.4) is 0 Å². The third-order valence-electron chi connectivity index (χ3n) is 4.32. The Morgan fingerprint density at radius 1 is 1.15 bits per heavy atom. The highest BCUT2D eigenvalue weighted by atomic mass is 19.3. The summed E-state index contributed by atoms with van der Waals surface area (Å²) >= 11 is 0. The molecular weight excluding hydrogens is 359 g/mol. The number of phenolic OH excluding ortho intramolecular Hbond substituents is 1. The van der Waals surface area contributed by atoms with E-state index in [0.29, 0.717) is 22.5 Å². The van der Waals surface area contributed by atoms with Crippen molar-refractivity contribution in [2.75, 3.05) is 5.32 Å². The Bertz CT molecular complexity index is 1140. The number of nitrogens with zero attached hydrogens (tertiary/aromatic N) is 4. The smallest absolute Gasteiger partial charge is 0.266 e. The molecule has 4 rings (SSSR count). The number of rotatable bonds is 4. The largest absolute Gasteiger partial charge is 0.508 e. The Balaban J connectivity index is 1.81. The van der Waals surface area contributed by atoms with E-state index in [2.05, 4.69) is 20.4 Å². The summed E-state index contributed by atoms with van der Waals surface area (Å²) in [5.74, 6) is -0.297. The number of aromatic hydroxyl groups is 1. The van der Waals surface area contributed by atoms with Gasteiger partial charge in [0.15, 0.2) is 0 Å². The first-order chi connectivity index (χ1) is 13.0. The second-order valence-corrected chi connectivity index (χ2v) is 6.05. The first-order valence-electron chi connectivity index (χ1n) is 8.11. The van der Waals surface area contributed by atoms with E-state index in [0.717, 1.165) is 6.07 Å². The van der Waals surface area contributed by atoms with Crippen LogP contribution in [-0.4, -0.2) is 24.7 Å². The van der Waals surface area contributed by atoms with Crippen LogP contribution in [0.5, 0.6) is 5.75 Å². The van der Waals surface area contributed by atoms with E-state index in [9.17, 15) is 18.3 Å². The van der Waals surface area contributed by atoms with Crippen molar-refractivity contribution in [3.63, 3.8) is 0 Å². The van der Waals surface area contributed by atoms with Gasteiger partial charge in [-0.05, 0) is 25.1 Å². The molecule has 2 heterocycles. The van der Waals surface area contributed by atoms with Crippen LogP contribution in [0.1, 0.15) is 30.5 Å². The van der Waals surface area contributed by atoms with Crippen molar-refractivity contribution in [2.45, 2.75) is 19.4 Å². The lowest BCUT2D eigenvalue weighted by atomic mass is 10.0. The highest BCUT2D eigenvalue weighted by molar-refractivity contribution is 5.92. The predicted molar refractivity (Wildman–Crippen MR) is 93.3 cm³/mol. The summed E-state index contributed by atoms with van der Waals surface area (Å²) < 4.78 is 41.9. The van der Waals surface area contributed by atoms with Crippen molar-refractivity contribution in [1.29, 1.82) is 0 Å². The van der Waals surface area contributed by atoms with Crippen molar-refractivity contribution < 1.29 is 18.3 Å². The quantitative estimate of drug-likeness (QED) is 0.560. The van der Waals surface area contributed by atoms with E-state index in [4.69, 9.17) is 0 Å². The lowest BCUT2D eigenvalue weighted by Crippen LogP contribution is -2.12. The number of alkyl halides is 2. The number of fused-ring (bicyclic) bond motifs is 3. The molecule has 138 valence electrons. The Morgan fingerprint density at radius 2 is 1.93 bits per heavy atom. The van der Waals surface area contributed by atoms with E-state index >= 15 is 0 Å². The molecule has 6 nitrogen and oxygen atoms in total. The average Bonchev–Trinajstić information content (AvgIpc) is 3.10. The van der Waals surface area contributed by atoms with Gasteiger partial charge in [0.2, 0.25) is 0 Å². The van der Waals surface area contributed by atoms with Gasteiger partial charge in [0, 0.05) is 10.9 Å². The van der Waals surface area contributed by atoms with Gasteiger partial charge < -0.3 is 10.4 Å². The number of aromatic nitrogens is 4. The summed E-state index contributed by atoms with van der Waals surface area (Å²) in [7, 11) is 0. The number of phenols is 1. The molecule has 2 aromatic carbocycles. The number of anilines is 1. The molecule has 0 aliphatic carbocycles. The molecule has 0 bridgehead atoms. The topological polar surface area (TPSA) is 75.3 Å². The fourth-order valence-corrected chi connectivity index (χ4v) is 3.00. The minimum atomic E-state index is -2.90. The van der Waals surface area contributed by atoms with E-state index in [1.54, 1.807) is 13.0 Å². The van der Waals surface area contributed by atoms with Crippen molar-refractivity contribution in [2.24, 2.45) is 0 Å². The van der Waals surface area contributed by atoms with Crippen LogP contribution in [0.2, 0.25) is 0 Å². The molecule has 0 amide bonds. The molecule has 0 fully saturated rings. The van der Waals surface area contributed by atoms with Crippen LogP contribution in [-0.2, 0) is 0 Å². The van der Waals surface area contributed by atoms with Crippen LogP contribution in [0.15, 0.2) is 42.7 Å². The fraction of sp³-hybridized carbons (Fsp3) is 0.167. The molecule has 0 saturated heterocycles. The maximum absolute atomic E-state index is 14.5. The molecule has 27 heavy (non-hydrogen) atoms. The minimum absolute atomic E-state index is 0.0188. The van der Waals surface area contributed by atoms with Crippen LogP contribution in [0, 0.1) is 5.82 Å². The van der Waals surface area contributed by atoms with Crippen molar-refractivity contribution in [1.82, 2.24) is 19.6 Å². The number of hydrogen-bond donors (Lipinski definition) is 2. The van der Waals surface area contributed by atoms with Crippen molar-refractivity contribution in [3.8, 4) is 5.75 Å².